The van der Waals surface area contributed by atoms with E-state index in [0.29, 0.717) is 54.9 Å². The van der Waals surface area contributed by atoms with Crippen LogP contribution in [0.4, 0.5) is 10.2 Å². The first-order valence-electron chi connectivity index (χ1n) is 13.9. The van der Waals surface area contributed by atoms with Gasteiger partial charge < -0.3 is 14.4 Å². The standard InChI is InChI=1S/C29H41FN4O5S/c1-19(2)18-39-24-13-21(12-22(30)14-24)26-10-9-25(27(31-26)34-16-20(3)15-29(34,4)5)28(35)32-40(36,37)33-11-7-8-23(17-33)38-6/h9-10,12-14,19-20,23H,7-8,11,15-18H2,1-6H3,(H,32,35)/t20-,23?/m0/s1. The van der Waals surface area contributed by atoms with Gasteiger partial charge in [0.25, 0.3) is 5.91 Å². The number of benzene rings is 1. The molecular weight excluding hydrogens is 535 g/mol. The molecule has 0 aliphatic carbocycles. The SMILES string of the molecule is COC1CCCN(S(=O)(=O)NC(=O)c2ccc(-c3cc(F)cc(OCC(C)C)c3)nc2N2C[C@@H](C)CC2(C)C)C1. The van der Waals surface area contributed by atoms with Crippen molar-refractivity contribution in [2.24, 2.45) is 11.8 Å². The van der Waals surface area contributed by atoms with Gasteiger partial charge >= 0.3 is 10.2 Å². The van der Waals surface area contributed by atoms with Crippen LogP contribution in [0.5, 0.6) is 5.75 Å². The second kappa shape index (κ2) is 12.0. The highest BCUT2D eigenvalue weighted by Crippen LogP contribution is 2.38. The van der Waals surface area contributed by atoms with Gasteiger partial charge in [-0.25, -0.2) is 14.1 Å². The second-order valence-electron chi connectivity index (χ2n) is 12.0. The molecule has 0 spiro atoms. The Hall–Kier alpha value is -2.76. The van der Waals surface area contributed by atoms with Crippen molar-refractivity contribution in [3.63, 3.8) is 0 Å². The van der Waals surface area contributed by atoms with Crippen LogP contribution in [0.25, 0.3) is 11.3 Å². The minimum Gasteiger partial charge on any atom is -0.493 e. The lowest BCUT2D eigenvalue weighted by molar-refractivity contribution is 0.0566. The molecule has 220 valence electrons. The zero-order chi connectivity index (χ0) is 29.2. The fourth-order valence-electron chi connectivity index (χ4n) is 5.56. The summed E-state index contributed by atoms with van der Waals surface area (Å²) in [6, 6.07) is 7.61. The van der Waals surface area contributed by atoms with Crippen molar-refractivity contribution in [2.45, 2.75) is 65.5 Å². The molecule has 4 rings (SSSR count). The molecule has 1 unspecified atom stereocenters. The summed E-state index contributed by atoms with van der Waals surface area (Å²) in [5.41, 5.74) is 0.772. The van der Waals surface area contributed by atoms with Gasteiger partial charge in [-0.05, 0) is 69.2 Å². The highest BCUT2D eigenvalue weighted by Gasteiger charge is 2.40. The van der Waals surface area contributed by atoms with Crippen LogP contribution in [0.3, 0.4) is 0 Å². The number of carbonyl (C=O) groups excluding carboxylic acids is 1. The predicted octanol–water partition coefficient (Wildman–Crippen LogP) is 4.63. The summed E-state index contributed by atoms with van der Waals surface area (Å²) in [5, 5.41) is 0. The second-order valence-corrected chi connectivity index (χ2v) is 13.6. The van der Waals surface area contributed by atoms with Gasteiger partial charge in [-0.15, -0.1) is 0 Å². The number of methoxy groups -OCH3 is 1. The van der Waals surface area contributed by atoms with E-state index in [1.165, 1.54) is 16.4 Å². The number of carbonyl (C=O) groups is 1. The summed E-state index contributed by atoms with van der Waals surface area (Å²) in [6.07, 6.45) is 2.06. The van der Waals surface area contributed by atoms with Crippen LogP contribution in [0.2, 0.25) is 0 Å². The molecule has 9 nitrogen and oxygen atoms in total. The number of hydrogen-bond donors (Lipinski definition) is 1. The molecule has 1 aromatic carbocycles. The molecule has 3 heterocycles. The first kappa shape index (κ1) is 30.2. The largest absolute Gasteiger partial charge is 0.493 e. The van der Waals surface area contributed by atoms with Gasteiger partial charge in [-0.3, -0.25) is 4.79 Å². The van der Waals surface area contributed by atoms with Crippen molar-refractivity contribution < 1.29 is 27.1 Å². The monoisotopic (exact) mass is 576 g/mol. The topological polar surface area (TPSA) is 101 Å². The predicted molar refractivity (Wildman–Crippen MR) is 153 cm³/mol. The molecular formula is C29H41FN4O5S. The first-order valence-corrected chi connectivity index (χ1v) is 15.3. The molecule has 2 atom stereocenters. The molecule has 0 radical (unpaired) electrons. The van der Waals surface area contributed by atoms with Crippen molar-refractivity contribution in [3.8, 4) is 17.0 Å². The van der Waals surface area contributed by atoms with Crippen molar-refractivity contribution in [1.29, 1.82) is 0 Å². The minimum atomic E-state index is -4.10. The fourth-order valence-corrected chi connectivity index (χ4v) is 6.77. The molecule has 2 saturated heterocycles. The number of aromatic nitrogens is 1. The molecule has 40 heavy (non-hydrogen) atoms. The van der Waals surface area contributed by atoms with E-state index in [0.717, 1.165) is 12.8 Å². The van der Waals surface area contributed by atoms with Crippen LogP contribution in [-0.4, -0.2) is 68.6 Å². The van der Waals surface area contributed by atoms with E-state index in [1.54, 1.807) is 25.3 Å². The van der Waals surface area contributed by atoms with Crippen molar-refractivity contribution in [3.05, 3.63) is 41.7 Å². The van der Waals surface area contributed by atoms with E-state index in [4.69, 9.17) is 14.5 Å². The maximum Gasteiger partial charge on any atom is 0.304 e. The van der Waals surface area contributed by atoms with Crippen LogP contribution in [0.1, 0.15) is 64.2 Å². The molecule has 2 aliphatic rings. The van der Waals surface area contributed by atoms with Crippen LogP contribution in [0.15, 0.2) is 30.3 Å². The Bertz CT molecular complexity index is 1330. The Morgan fingerprint density at radius 1 is 1.23 bits per heavy atom. The maximum atomic E-state index is 14.6. The molecule has 2 fully saturated rings. The molecule has 1 amide bonds. The molecule has 0 saturated carbocycles. The lowest BCUT2D eigenvalue weighted by atomic mass is 9.97. The van der Waals surface area contributed by atoms with Crippen LogP contribution in [0, 0.1) is 17.7 Å². The number of anilines is 1. The quantitative estimate of drug-likeness (QED) is 0.464. The van der Waals surface area contributed by atoms with E-state index >= 15 is 0 Å². The van der Waals surface area contributed by atoms with Crippen molar-refractivity contribution in [1.82, 2.24) is 14.0 Å². The summed E-state index contributed by atoms with van der Waals surface area (Å²) in [4.78, 5) is 20.4. The average Bonchev–Trinajstić information content (AvgIpc) is 3.17. The number of pyridine rings is 1. The number of amides is 1. The van der Waals surface area contributed by atoms with Gasteiger partial charge in [0.05, 0.1) is 24.0 Å². The molecule has 11 heteroatoms. The number of hydrogen-bond acceptors (Lipinski definition) is 7. The third-order valence-corrected chi connectivity index (χ3v) is 8.89. The smallest absolute Gasteiger partial charge is 0.304 e. The van der Waals surface area contributed by atoms with E-state index in [2.05, 4.69) is 25.5 Å². The van der Waals surface area contributed by atoms with Crippen LogP contribution in [-0.2, 0) is 14.9 Å². The lowest BCUT2D eigenvalue weighted by Gasteiger charge is -2.34. The number of ether oxygens (including phenoxy) is 2. The van der Waals surface area contributed by atoms with Crippen LogP contribution >= 0.6 is 0 Å². The third kappa shape index (κ3) is 6.92. The molecule has 2 aliphatic heterocycles. The van der Waals surface area contributed by atoms with Gasteiger partial charge in [0.2, 0.25) is 0 Å². The Balaban J connectivity index is 1.71. The Labute approximate surface area is 237 Å². The van der Waals surface area contributed by atoms with Gasteiger partial charge in [-0.1, -0.05) is 20.8 Å². The summed E-state index contributed by atoms with van der Waals surface area (Å²) in [6.45, 7) is 11.9. The Morgan fingerprint density at radius 2 is 1.98 bits per heavy atom. The van der Waals surface area contributed by atoms with Gasteiger partial charge in [0.15, 0.2) is 0 Å². The van der Waals surface area contributed by atoms with Gasteiger partial charge in [0.1, 0.15) is 17.4 Å². The summed E-state index contributed by atoms with van der Waals surface area (Å²) >= 11 is 0. The van der Waals surface area contributed by atoms with Crippen LogP contribution < -0.4 is 14.4 Å². The number of rotatable bonds is 9. The van der Waals surface area contributed by atoms with E-state index in [-0.39, 0.29) is 29.7 Å². The zero-order valence-corrected chi connectivity index (χ0v) is 25.1. The van der Waals surface area contributed by atoms with Crippen molar-refractivity contribution >= 4 is 21.9 Å². The normalized spacial score (nSPS) is 21.6. The highest BCUT2D eigenvalue weighted by molar-refractivity contribution is 7.87. The maximum absolute atomic E-state index is 14.6. The summed E-state index contributed by atoms with van der Waals surface area (Å²) in [5.74, 6) is 0.149. The van der Waals surface area contributed by atoms with Gasteiger partial charge in [0, 0.05) is 43.9 Å². The Kier molecular flexibility index (Phi) is 9.06. The molecule has 1 N–H and O–H groups in total. The third-order valence-electron chi connectivity index (χ3n) is 7.43. The van der Waals surface area contributed by atoms with Gasteiger partial charge in [-0.2, -0.15) is 12.7 Å². The van der Waals surface area contributed by atoms with E-state index in [1.807, 2.05) is 18.7 Å². The van der Waals surface area contributed by atoms with Crippen molar-refractivity contribution in [2.75, 3.05) is 38.3 Å². The van der Waals surface area contributed by atoms with E-state index < -0.39 is 21.9 Å². The first-order chi connectivity index (χ1) is 18.8. The zero-order valence-electron chi connectivity index (χ0n) is 24.2. The lowest BCUT2D eigenvalue weighted by Crippen LogP contribution is -2.49. The average molecular weight is 577 g/mol. The van der Waals surface area contributed by atoms with E-state index in [9.17, 15) is 17.6 Å². The summed E-state index contributed by atoms with van der Waals surface area (Å²) in [7, 11) is -2.55. The molecule has 1 aromatic heterocycles. The highest BCUT2D eigenvalue weighted by atomic mass is 32.2. The Morgan fingerprint density at radius 3 is 2.62 bits per heavy atom. The minimum absolute atomic E-state index is 0.141. The molecule has 2 aromatic rings. The number of halogens is 1. The summed E-state index contributed by atoms with van der Waals surface area (Å²) < 4.78 is 55.5. The number of nitrogens with zero attached hydrogens (tertiary/aromatic N) is 3. The molecule has 0 bridgehead atoms. The fraction of sp³-hybridized carbons (Fsp3) is 0.586. The number of nitrogens with one attached hydrogen (secondary N) is 1. The number of piperidine rings is 1.